The van der Waals surface area contributed by atoms with Crippen molar-refractivity contribution < 1.29 is 83.8 Å². The average molecular weight is 789 g/mol. The SMILES string of the molecule is CC(=O)OCCOCCOCCOCCOCCOCCOCCOCCOCCOCCOCCC(=O)Oc1c(C)c(C)c(S(=O)(=O)O)c(C)c1F. The molecule has 0 heterocycles. The quantitative estimate of drug-likeness (QED) is 0.0453. The number of carbonyl (C=O) groups is 2. The van der Waals surface area contributed by atoms with Crippen LogP contribution < -0.4 is 4.74 Å². The van der Waals surface area contributed by atoms with Crippen LogP contribution in [0.4, 0.5) is 4.39 Å². The Morgan fingerprint density at radius 2 is 0.811 bits per heavy atom. The van der Waals surface area contributed by atoms with E-state index in [2.05, 4.69) is 0 Å². The first-order valence-corrected chi connectivity index (χ1v) is 18.8. The van der Waals surface area contributed by atoms with E-state index >= 15 is 0 Å². The van der Waals surface area contributed by atoms with Crippen molar-refractivity contribution in [1.82, 2.24) is 0 Å². The number of hydrogen-bond acceptors (Lipinski definition) is 16. The average Bonchev–Trinajstić information content (AvgIpc) is 3.10. The Labute approximate surface area is 311 Å². The zero-order valence-corrected chi connectivity index (χ0v) is 32.1. The fraction of sp³-hybridized carbons (Fsp3) is 0.765. The number of ether oxygens (including phenoxy) is 12. The summed E-state index contributed by atoms with van der Waals surface area (Å²) in [4.78, 5) is 22.2. The van der Waals surface area contributed by atoms with Gasteiger partial charge in [-0.3, -0.25) is 14.1 Å². The Bertz CT molecular complexity index is 1220. The normalized spacial score (nSPS) is 11.7. The number of rotatable bonds is 35. The van der Waals surface area contributed by atoms with Crippen LogP contribution in [-0.4, -0.2) is 164 Å². The smallest absolute Gasteiger partial charge is 0.313 e. The van der Waals surface area contributed by atoms with Gasteiger partial charge in [0.05, 0.1) is 139 Å². The second-order valence-corrected chi connectivity index (χ2v) is 12.4. The van der Waals surface area contributed by atoms with Crippen LogP contribution in [0.2, 0.25) is 0 Å². The van der Waals surface area contributed by atoms with E-state index in [1.807, 2.05) is 0 Å². The fourth-order valence-corrected chi connectivity index (χ4v) is 5.23. The lowest BCUT2D eigenvalue weighted by atomic mass is 10.0. The highest BCUT2D eigenvalue weighted by Crippen LogP contribution is 2.34. The first-order valence-electron chi connectivity index (χ1n) is 17.3. The minimum atomic E-state index is -4.65. The van der Waals surface area contributed by atoms with Crippen molar-refractivity contribution in [3.63, 3.8) is 0 Å². The highest BCUT2D eigenvalue weighted by molar-refractivity contribution is 7.86. The van der Waals surface area contributed by atoms with Gasteiger partial charge in [0.25, 0.3) is 10.1 Å². The van der Waals surface area contributed by atoms with Gasteiger partial charge in [0.2, 0.25) is 0 Å². The van der Waals surface area contributed by atoms with Gasteiger partial charge in [0, 0.05) is 12.5 Å². The lowest BCUT2D eigenvalue weighted by Crippen LogP contribution is -2.17. The second kappa shape index (κ2) is 30.9. The first-order chi connectivity index (χ1) is 25.5. The van der Waals surface area contributed by atoms with Crippen LogP contribution in [-0.2, 0) is 71.8 Å². The highest BCUT2D eigenvalue weighted by Gasteiger charge is 2.26. The largest absolute Gasteiger partial charge is 0.463 e. The molecule has 17 nitrogen and oxygen atoms in total. The minimum Gasteiger partial charge on any atom is -0.463 e. The third-order valence-electron chi connectivity index (χ3n) is 6.92. The maximum Gasteiger partial charge on any atom is 0.313 e. The standard InChI is InChI=1S/C34H57FO17S/c1-27-28(2)34(53(38,39)40)29(3)32(35)33(27)52-31(37)5-6-41-7-8-42-9-10-43-11-12-44-13-14-45-15-16-46-17-18-47-19-20-48-21-22-49-23-24-50-25-26-51-30(4)36/h5-26H2,1-4H3,(H,38,39,40). The Morgan fingerprint density at radius 1 is 0.509 bits per heavy atom. The van der Waals surface area contributed by atoms with Crippen molar-refractivity contribution >= 4 is 22.1 Å². The molecule has 0 atom stereocenters. The van der Waals surface area contributed by atoms with Gasteiger partial charge in [-0.1, -0.05) is 0 Å². The zero-order chi connectivity index (χ0) is 39.2. The summed E-state index contributed by atoms with van der Waals surface area (Å²) in [5.74, 6) is -2.49. The molecule has 1 aromatic rings. The van der Waals surface area contributed by atoms with E-state index in [-0.39, 0.29) is 61.3 Å². The van der Waals surface area contributed by atoms with E-state index in [9.17, 15) is 27.0 Å². The van der Waals surface area contributed by atoms with E-state index in [1.165, 1.54) is 27.7 Å². The van der Waals surface area contributed by atoms with Crippen molar-refractivity contribution in [2.45, 2.75) is 39.0 Å². The summed E-state index contributed by atoms with van der Waals surface area (Å²) in [5, 5.41) is 0. The van der Waals surface area contributed by atoms with Gasteiger partial charge >= 0.3 is 11.9 Å². The number of hydrogen-bond donors (Lipinski definition) is 1. The number of esters is 2. The molecule has 1 aromatic carbocycles. The van der Waals surface area contributed by atoms with Crippen molar-refractivity contribution in [1.29, 1.82) is 0 Å². The molecule has 53 heavy (non-hydrogen) atoms. The van der Waals surface area contributed by atoms with E-state index < -0.39 is 26.8 Å². The van der Waals surface area contributed by atoms with Crippen LogP contribution in [0.1, 0.15) is 30.0 Å². The van der Waals surface area contributed by atoms with Gasteiger partial charge in [-0.15, -0.1) is 0 Å². The molecule has 1 rings (SSSR count). The lowest BCUT2D eigenvalue weighted by molar-refractivity contribution is -0.142. The van der Waals surface area contributed by atoms with Gasteiger partial charge in [0.15, 0.2) is 11.6 Å². The van der Waals surface area contributed by atoms with Gasteiger partial charge in [-0.2, -0.15) is 8.42 Å². The summed E-state index contributed by atoms with van der Waals surface area (Å²) in [7, 11) is -4.65. The third-order valence-corrected chi connectivity index (χ3v) is 8.05. The fourth-order valence-electron chi connectivity index (χ4n) is 4.21. The van der Waals surface area contributed by atoms with E-state index in [0.717, 1.165) is 0 Å². The molecule has 308 valence electrons. The molecule has 0 radical (unpaired) electrons. The van der Waals surface area contributed by atoms with Crippen LogP contribution in [0.15, 0.2) is 4.90 Å². The van der Waals surface area contributed by atoms with Crippen molar-refractivity contribution in [2.24, 2.45) is 0 Å². The maximum atomic E-state index is 14.7. The lowest BCUT2D eigenvalue weighted by Gasteiger charge is -2.16. The Morgan fingerprint density at radius 3 is 1.11 bits per heavy atom. The van der Waals surface area contributed by atoms with Crippen LogP contribution in [0.25, 0.3) is 0 Å². The third kappa shape index (κ3) is 24.6. The summed E-state index contributed by atoms with van der Waals surface area (Å²) in [6.45, 7) is 13.3. The molecule has 0 saturated carbocycles. The molecule has 0 aliphatic rings. The van der Waals surface area contributed by atoms with Crippen LogP contribution >= 0.6 is 0 Å². The van der Waals surface area contributed by atoms with Gasteiger partial charge in [-0.05, 0) is 31.9 Å². The molecule has 0 saturated heterocycles. The Balaban J connectivity index is 1.81. The Hall–Kier alpha value is -2.40. The van der Waals surface area contributed by atoms with Crippen LogP contribution in [0.5, 0.6) is 5.75 Å². The molecule has 0 unspecified atom stereocenters. The predicted octanol–water partition coefficient (Wildman–Crippen LogP) is 2.02. The summed E-state index contributed by atoms with van der Waals surface area (Å²) >= 11 is 0. The first kappa shape index (κ1) is 48.6. The molecule has 0 aromatic heterocycles. The molecule has 0 aliphatic heterocycles. The van der Waals surface area contributed by atoms with Crippen LogP contribution in [0.3, 0.4) is 0 Å². The summed E-state index contributed by atoms with van der Waals surface area (Å²) < 4.78 is 111. The maximum absolute atomic E-state index is 14.7. The zero-order valence-electron chi connectivity index (χ0n) is 31.3. The number of benzene rings is 1. The van der Waals surface area contributed by atoms with Gasteiger partial charge in [0.1, 0.15) is 11.5 Å². The molecular formula is C34H57FO17S. The molecule has 0 fully saturated rings. The van der Waals surface area contributed by atoms with Gasteiger partial charge < -0.3 is 56.8 Å². The highest BCUT2D eigenvalue weighted by atomic mass is 32.2. The molecular weight excluding hydrogens is 731 g/mol. The number of carbonyl (C=O) groups excluding carboxylic acids is 2. The van der Waals surface area contributed by atoms with E-state index in [1.54, 1.807) is 0 Å². The predicted molar refractivity (Wildman–Crippen MR) is 186 cm³/mol. The molecule has 0 amide bonds. The summed E-state index contributed by atoms with van der Waals surface area (Å²) in [6, 6.07) is 0. The minimum absolute atomic E-state index is 0.0148. The molecule has 0 bridgehead atoms. The van der Waals surface area contributed by atoms with Crippen molar-refractivity contribution in [3.8, 4) is 5.75 Å². The molecule has 19 heteroatoms. The summed E-state index contributed by atoms with van der Waals surface area (Å²) in [6.07, 6.45) is -0.160. The molecule has 1 N–H and O–H groups in total. The van der Waals surface area contributed by atoms with Gasteiger partial charge in [-0.25, -0.2) is 4.39 Å². The monoisotopic (exact) mass is 788 g/mol. The van der Waals surface area contributed by atoms with E-state index in [0.29, 0.717) is 112 Å². The topological polar surface area (TPSA) is 199 Å². The second-order valence-electron chi connectivity index (χ2n) is 11.0. The van der Waals surface area contributed by atoms with Crippen molar-refractivity contribution in [3.05, 3.63) is 22.5 Å². The molecule has 0 aliphatic carbocycles. The number of halogens is 1. The van der Waals surface area contributed by atoms with E-state index in [4.69, 9.17) is 56.8 Å². The van der Waals surface area contributed by atoms with Crippen molar-refractivity contribution in [2.75, 3.05) is 139 Å². The summed E-state index contributed by atoms with van der Waals surface area (Å²) in [5.41, 5.74) is -0.145. The molecule has 0 spiro atoms. The Kier molecular flexibility index (Phi) is 28.3. The van der Waals surface area contributed by atoms with Crippen LogP contribution in [0, 0.1) is 26.6 Å².